The van der Waals surface area contributed by atoms with Crippen LogP contribution in [-0.2, 0) is 0 Å². The number of hydrogen-bond acceptors (Lipinski definition) is 1. The molecule has 0 aromatic rings. The van der Waals surface area contributed by atoms with E-state index in [0.29, 0.717) is 11.6 Å². The number of nitrogens with zero attached hydrogens (tertiary/aromatic N) is 1. The van der Waals surface area contributed by atoms with Crippen molar-refractivity contribution in [2.24, 2.45) is 4.99 Å². The summed E-state index contributed by atoms with van der Waals surface area (Å²) in [5, 5.41) is 0. The van der Waals surface area contributed by atoms with Crippen LogP contribution >= 0.6 is 11.6 Å². The molecule has 0 saturated heterocycles. The molecule has 0 atom stereocenters. The Kier molecular flexibility index (Phi) is 5.86. The van der Waals surface area contributed by atoms with Gasteiger partial charge >= 0.3 is 0 Å². The third kappa shape index (κ3) is 5.86. The molecule has 0 aliphatic rings. The van der Waals surface area contributed by atoms with Gasteiger partial charge in [0.05, 0.1) is 5.88 Å². The lowest BCUT2D eigenvalue weighted by Crippen LogP contribution is -1.78. The van der Waals surface area contributed by atoms with Crippen LogP contribution in [0.25, 0.3) is 0 Å². The second-order valence-corrected chi connectivity index (χ2v) is 2.61. The topological polar surface area (TPSA) is 12.4 Å². The highest BCUT2D eigenvalue weighted by atomic mass is 35.5. The van der Waals surface area contributed by atoms with Crippen LogP contribution in [-0.4, -0.2) is 12.1 Å². The summed E-state index contributed by atoms with van der Waals surface area (Å²) in [5.41, 5.74) is 2.00. The van der Waals surface area contributed by atoms with Gasteiger partial charge < -0.3 is 0 Å². The fourth-order valence-electron chi connectivity index (χ4n) is 0.422. The lowest BCUT2D eigenvalue weighted by atomic mass is 10.2. The van der Waals surface area contributed by atoms with Crippen LogP contribution in [0.1, 0.15) is 20.3 Å². The molecule has 0 aromatic heterocycles. The van der Waals surface area contributed by atoms with Crippen LogP contribution in [0, 0.1) is 0 Å². The van der Waals surface area contributed by atoms with Crippen molar-refractivity contribution in [3.05, 3.63) is 23.9 Å². The smallest absolute Gasteiger partial charge is 0.0641 e. The Hall–Kier alpha value is -0.560. The Morgan fingerprint density at radius 1 is 1.64 bits per heavy atom. The summed E-state index contributed by atoms with van der Waals surface area (Å²) in [4.78, 5) is 4.00. The number of aliphatic imine (C=N–C) groups is 1. The van der Waals surface area contributed by atoms with Gasteiger partial charge in [-0.05, 0) is 19.4 Å². The molecule has 0 N–H and O–H groups in total. The van der Waals surface area contributed by atoms with E-state index in [1.807, 2.05) is 6.08 Å². The van der Waals surface area contributed by atoms with Crippen LogP contribution < -0.4 is 0 Å². The van der Waals surface area contributed by atoms with Gasteiger partial charge in [0, 0.05) is 11.9 Å². The molecule has 0 spiro atoms. The molecule has 0 rings (SSSR count). The molecule has 0 aromatic carbocycles. The highest BCUT2D eigenvalue weighted by molar-refractivity contribution is 6.19. The van der Waals surface area contributed by atoms with Gasteiger partial charge in [0.2, 0.25) is 0 Å². The summed E-state index contributed by atoms with van der Waals surface area (Å²) in [5.74, 6) is 0.398. The largest absolute Gasteiger partial charge is 0.261 e. The summed E-state index contributed by atoms with van der Waals surface area (Å²) >= 11 is 5.47. The average Bonchev–Trinajstić information content (AvgIpc) is 2.04. The predicted molar refractivity (Wildman–Crippen MR) is 52.4 cm³/mol. The third-order valence-corrected chi connectivity index (χ3v) is 1.64. The predicted octanol–water partition coefficient (Wildman–Crippen LogP) is 3.17. The van der Waals surface area contributed by atoms with Gasteiger partial charge in [0.15, 0.2) is 0 Å². The lowest BCUT2D eigenvalue weighted by molar-refractivity contribution is 1.10. The molecule has 0 heterocycles. The zero-order valence-corrected chi connectivity index (χ0v) is 7.86. The number of hydrogen-bond donors (Lipinski definition) is 0. The molecular weight excluding hydrogens is 158 g/mol. The Morgan fingerprint density at radius 2 is 2.27 bits per heavy atom. The molecule has 0 unspecified atom stereocenters. The van der Waals surface area contributed by atoms with Crippen LogP contribution in [0.3, 0.4) is 0 Å². The minimum absolute atomic E-state index is 0.398. The van der Waals surface area contributed by atoms with Crippen molar-refractivity contribution in [3.63, 3.8) is 0 Å². The molecule has 0 aliphatic heterocycles. The number of alkyl halides is 1. The second kappa shape index (κ2) is 6.17. The van der Waals surface area contributed by atoms with E-state index in [1.165, 1.54) is 5.57 Å². The first kappa shape index (κ1) is 10.4. The van der Waals surface area contributed by atoms with Gasteiger partial charge in [-0.25, -0.2) is 0 Å². The summed E-state index contributed by atoms with van der Waals surface area (Å²) in [7, 11) is 0. The quantitative estimate of drug-likeness (QED) is 0.455. The van der Waals surface area contributed by atoms with E-state index in [2.05, 4.69) is 25.4 Å². The minimum Gasteiger partial charge on any atom is -0.261 e. The standard InChI is InChI=1S/C9H14ClN/c1-4-8(2)5-6-11-9(3)7-10/h5-6H,3-4,7H2,1-2H3/b8-5+,11-6?. The van der Waals surface area contributed by atoms with Crippen LogP contribution in [0.2, 0.25) is 0 Å². The summed E-state index contributed by atoms with van der Waals surface area (Å²) in [6.45, 7) is 7.81. The van der Waals surface area contributed by atoms with Crippen molar-refractivity contribution < 1.29 is 0 Å². The molecule has 11 heavy (non-hydrogen) atoms. The highest BCUT2D eigenvalue weighted by Crippen LogP contribution is 1.97. The van der Waals surface area contributed by atoms with Gasteiger partial charge in [0.1, 0.15) is 0 Å². The van der Waals surface area contributed by atoms with E-state index in [-0.39, 0.29) is 0 Å². The molecule has 0 saturated carbocycles. The summed E-state index contributed by atoms with van der Waals surface area (Å²) in [6.07, 6.45) is 4.76. The Balaban J connectivity index is 3.85. The van der Waals surface area contributed by atoms with Crippen molar-refractivity contribution >= 4 is 17.8 Å². The lowest BCUT2D eigenvalue weighted by Gasteiger charge is -1.90. The second-order valence-electron chi connectivity index (χ2n) is 2.34. The Morgan fingerprint density at radius 3 is 2.73 bits per heavy atom. The van der Waals surface area contributed by atoms with Crippen LogP contribution in [0.15, 0.2) is 28.9 Å². The van der Waals surface area contributed by atoms with Gasteiger partial charge in [-0.15, -0.1) is 11.6 Å². The van der Waals surface area contributed by atoms with E-state index < -0.39 is 0 Å². The van der Waals surface area contributed by atoms with Gasteiger partial charge in [0.25, 0.3) is 0 Å². The summed E-state index contributed by atoms with van der Waals surface area (Å²) in [6, 6.07) is 0. The first-order valence-corrected chi connectivity index (χ1v) is 4.17. The molecule has 1 nitrogen and oxygen atoms in total. The zero-order chi connectivity index (χ0) is 8.69. The fourth-order valence-corrected chi connectivity index (χ4v) is 0.491. The monoisotopic (exact) mass is 171 g/mol. The average molecular weight is 172 g/mol. The highest BCUT2D eigenvalue weighted by Gasteiger charge is 1.82. The fraction of sp³-hybridized carbons (Fsp3) is 0.444. The first-order chi connectivity index (χ1) is 5.20. The summed E-state index contributed by atoms with van der Waals surface area (Å²) < 4.78 is 0. The van der Waals surface area contributed by atoms with E-state index in [4.69, 9.17) is 11.6 Å². The van der Waals surface area contributed by atoms with Crippen molar-refractivity contribution in [2.45, 2.75) is 20.3 Å². The third-order valence-electron chi connectivity index (χ3n) is 1.33. The molecule has 0 fully saturated rings. The molecule has 0 aliphatic carbocycles. The minimum atomic E-state index is 0.398. The van der Waals surface area contributed by atoms with Gasteiger partial charge in [-0.1, -0.05) is 19.1 Å². The van der Waals surface area contributed by atoms with Crippen LogP contribution in [0.4, 0.5) is 0 Å². The van der Waals surface area contributed by atoms with E-state index in [0.717, 1.165) is 6.42 Å². The van der Waals surface area contributed by atoms with Crippen molar-refractivity contribution in [2.75, 3.05) is 5.88 Å². The van der Waals surface area contributed by atoms with Crippen molar-refractivity contribution in [3.8, 4) is 0 Å². The molecular formula is C9H14ClN. The molecule has 0 amide bonds. The molecule has 2 heteroatoms. The zero-order valence-electron chi connectivity index (χ0n) is 7.10. The first-order valence-electron chi connectivity index (χ1n) is 3.64. The number of rotatable bonds is 4. The SMILES string of the molecule is C=C(CCl)N=C/C=C(\C)CC. The van der Waals surface area contributed by atoms with E-state index in [9.17, 15) is 0 Å². The number of halogens is 1. The van der Waals surface area contributed by atoms with Crippen LogP contribution in [0.5, 0.6) is 0 Å². The number of allylic oxidation sites excluding steroid dienone is 3. The molecule has 0 bridgehead atoms. The molecule has 0 radical (unpaired) electrons. The maximum atomic E-state index is 5.47. The van der Waals surface area contributed by atoms with Crippen molar-refractivity contribution in [1.82, 2.24) is 0 Å². The van der Waals surface area contributed by atoms with E-state index >= 15 is 0 Å². The Labute approximate surface area is 73.5 Å². The Bertz CT molecular complexity index is 180. The maximum absolute atomic E-state index is 5.47. The van der Waals surface area contributed by atoms with Gasteiger partial charge in [-0.3, -0.25) is 4.99 Å². The maximum Gasteiger partial charge on any atom is 0.0641 e. The van der Waals surface area contributed by atoms with Crippen molar-refractivity contribution in [1.29, 1.82) is 0 Å². The van der Waals surface area contributed by atoms with Gasteiger partial charge in [-0.2, -0.15) is 0 Å². The molecule has 62 valence electrons. The van der Waals surface area contributed by atoms with E-state index in [1.54, 1.807) is 6.21 Å². The normalized spacial score (nSPS) is 12.5.